The van der Waals surface area contributed by atoms with E-state index in [0.717, 1.165) is 6.42 Å². The number of anilines is 1. The molecule has 1 rings (SSSR count). The van der Waals surface area contributed by atoms with Crippen molar-refractivity contribution in [2.45, 2.75) is 20.3 Å². The standard InChI is InChI=1S/C6H5BrFN.C5H10O2/c7-4-1-2-6(9)5(8)3-4;1-3-4(2)5(6)7/h1-3H,9H2;4H,3H2,1-2H3,(H,6,7). The van der Waals surface area contributed by atoms with Crippen molar-refractivity contribution in [3.8, 4) is 0 Å². The van der Waals surface area contributed by atoms with Gasteiger partial charge in [0.25, 0.3) is 0 Å². The molecule has 0 saturated carbocycles. The first kappa shape index (κ1) is 14.9. The Hall–Kier alpha value is -1.10. The fourth-order valence-corrected chi connectivity index (χ4v) is 1.01. The van der Waals surface area contributed by atoms with E-state index in [1.807, 2.05) is 6.92 Å². The average Bonchev–Trinajstić information content (AvgIpc) is 2.23. The number of hydrogen-bond donors (Lipinski definition) is 2. The molecule has 1 aromatic rings. The maximum Gasteiger partial charge on any atom is 0.306 e. The van der Waals surface area contributed by atoms with Gasteiger partial charge in [-0.2, -0.15) is 0 Å². The number of benzene rings is 1. The zero-order valence-electron chi connectivity index (χ0n) is 9.21. The van der Waals surface area contributed by atoms with Gasteiger partial charge in [-0.15, -0.1) is 0 Å². The second-order valence-electron chi connectivity index (χ2n) is 3.31. The van der Waals surface area contributed by atoms with Gasteiger partial charge >= 0.3 is 5.97 Å². The van der Waals surface area contributed by atoms with Crippen LogP contribution in [0.4, 0.5) is 10.1 Å². The number of carbonyl (C=O) groups is 1. The Morgan fingerprint density at radius 2 is 2.19 bits per heavy atom. The van der Waals surface area contributed by atoms with E-state index in [1.54, 1.807) is 13.0 Å². The number of rotatable bonds is 2. The number of carboxylic acids is 1. The first-order chi connectivity index (χ1) is 7.38. The molecule has 1 aromatic carbocycles. The van der Waals surface area contributed by atoms with Crippen molar-refractivity contribution in [1.29, 1.82) is 0 Å². The predicted molar refractivity (Wildman–Crippen MR) is 65.6 cm³/mol. The molecule has 0 aliphatic rings. The van der Waals surface area contributed by atoms with E-state index >= 15 is 0 Å². The molecule has 0 radical (unpaired) electrons. The molecular formula is C11H15BrFNO2. The SMILES string of the molecule is CCC(C)C(=O)O.Nc1ccc(Br)cc1F. The fraction of sp³-hybridized carbons (Fsp3) is 0.364. The van der Waals surface area contributed by atoms with E-state index in [4.69, 9.17) is 10.8 Å². The van der Waals surface area contributed by atoms with Gasteiger partial charge in [-0.25, -0.2) is 4.39 Å². The van der Waals surface area contributed by atoms with E-state index in [0.29, 0.717) is 4.47 Å². The summed E-state index contributed by atoms with van der Waals surface area (Å²) in [6, 6.07) is 4.53. The third kappa shape index (κ3) is 5.70. The van der Waals surface area contributed by atoms with Crippen LogP contribution in [0.2, 0.25) is 0 Å². The molecule has 1 atom stereocenters. The summed E-state index contributed by atoms with van der Waals surface area (Å²) >= 11 is 3.10. The number of aliphatic carboxylic acids is 1. The highest BCUT2D eigenvalue weighted by Crippen LogP contribution is 2.15. The van der Waals surface area contributed by atoms with E-state index in [-0.39, 0.29) is 17.4 Å². The molecule has 3 N–H and O–H groups in total. The van der Waals surface area contributed by atoms with Crippen LogP contribution in [0.1, 0.15) is 20.3 Å². The largest absolute Gasteiger partial charge is 0.481 e. The Labute approximate surface area is 103 Å². The van der Waals surface area contributed by atoms with Crippen LogP contribution in [0.3, 0.4) is 0 Å². The minimum atomic E-state index is -0.706. The highest BCUT2D eigenvalue weighted by molar-refractivity contribution is 9.10. The molecular weight excluding hydrogens is 277 g/mol. The summed E-state index contributed by atoms with van der Waals surface area (Å²) in [5, 5.41) is 8.18. The molecule has 1 unspecified atom stereocenters. The summed E-state index contributed by atoms with van der Waals surface area (Å²) in [7, 11) is 0. The molecule has 90 valence electrons. The van der Waals surface area contributed by atoms with Crippen LogP contribution in [0.15, 0.2) is 22.7 Å². The summed E-state index contributed by atoms with van der Waals surface area (Å²) in [4.78, 5) is 9.93. The zero-order chi connectivity index (χ0) is 12.7. The summed E-state index contributed by atoms with van der Waals surface area (Å²) in [5.74, 6) is -1.27. The van der Waals surface area contributed by atoms with Gasteiger partial charge < -0.3 is 10.8 Å². The molecule has 0 bridgehead atoms. The van der Waals surface area contributed by atoms with Gasteiger partial charge in [0.05, 0.1) is 11.6 Å². The number of hydrogen-bond acceptors (Lipinski definition) is 2. The highest BCUT2D eigenvalue weighted by atomic mass is 79.9. The second-order valence-corrected chi connectivity index (χ2v) is 4.23. The third-order valence-corrected chi connectivity index (χ3v) is 2.49. The van der Waals surface area contributed by atoms with Gasteiger partial charge in [0.1, 0.15) is 5.82 Å². The lowest BCUT2D eigenvalue weighted by molar-refractivity contribution is -0.141. The number of carboxylic acid groups (broad SMARTS) is 1. The Morgan fingerprint density at radius 1 is 1.62 bits per heavy atom. The quantitative estimate of drug-likeness (QED) is 0.822. The maximum absolute atomic E-state index is 12.4. The average molecular weight is 292 g/mol. The van der Waals surface area contributed by atoms with E-state index in [9.17, 15) is 9.18 Å². The van der Waals surface area contributed by atoms with Gasteiger partial charge in [-0.1, -0.05) is 29.8 Å². The predicted octanol–water partition coefficient (Wildman–Crippen LogP) is 3.29. The van der Waals surface area contributed by atoms with Crippen molar-refractivity contribution in [3.63, 3.8) is 0 Å². The van der Waals surface area contributed by atoms with Crippen LogP contribution < -0.4 is 5.73 Å². The summed E-state index contributed by atoms with van der Waals surface area (Å²) in [6.45, 7) is 3.56. The molecule has 0 fully saturated rings. The van der Waals surface area contributed by atoms with Crippen molar-refractivity contribution in [2.75, 3.05) is 5.73 Å². The first-order valence-electron chi connectivity index (χ1n) is 4.81. The minimum absolute atomic E-state index is 0.179. The molecule has 0 amide bonds. The van der Waals surface area contributed by atoms with Crippen LogP contribution >= 0.6 is 15.9 Å². The minimum Gasteiger partial charge on any atom is -0.481 e. The van der Waals surface area contributed by atoms with Crippen LogP contribution in [-0.2, 0) is 4.79 Å². The molecule has 5 heteroatoms. The molecule has 16 heavy (non-hydrogen) atoms. The lowest BCUT2D eigenvalue weighted by Gasteiger charge is -1.96. The van der Waals surface area contributed by atoms with Crippen molar-refractivity contribution < 1.29 is 14.3 Å². The molecule has 0 heterocycles. The highest BCUT2D eigenvalue weighted by Gasteiger charge is 2.05. The maximum atomic E-state index is 12.4. The smallest absolute Gasteiger partial charge is 0.306 e. The molecule has 0 saturated heterocycles. The summed E-state index contributed by atoms with van der Waals surface area (Å²) in [5.41, 5.74) is 5.37. The Bertz CT molecular complexity index is 358. The molecule has 3 nitrogen and oxygen atoms in total. The zero-order valence-corrected chi connectivity index (χ0v) is 10.8. The Balaban J connectivity index is 0.000000293. The van der Waals surface area contributed by atoms with E-state index in [1.165, 1.54) is 12.1 Å². The lowest BCUT2D eigenvalue weighted by atomic mass is 10.1. The monoisotopic (exact) mass is 291 g/mol. The van der Waals surface area contributed by atoms with Crippen LogP contribution in [0, 0.1) is 11.7 Å². The first-order valence-corrected chi connectivity index (χ1v) is 5.61. The van der Waals surface area contributed by atoms with Crippen molar-refractivity contribution in [2.24, 2.45) is 5.92 Å². The van der Waals surface area contributed by atoms with Gasteiger partial charge in [0.2, 0.25) is 0 Å². The van der Waals surface area contributed by atoms with Gasteiger partial charge in [0, 0.05) is 4.47 Å². The number of nitrogen functional groups attached to an aromatic ring is 1. The van der Waals surface area contributed by atoms with Crippen LogP contribution in [0.25, 0.3) is 0 Å². The Kier molecular flexibility index (Phi) is 6.72. The van der Waals surface area contributed by atoms with Crippen molar-refractivity contribution >= 4 is 27.6 Å². The molecule has 0 aliphatic carbocycles. The molecule has 0 spiro atoms. The van der Waals surface area contributed by atoms with E-state index in [2.05, 4.69) is 15.9 Å². The fourth-order valence-electron chi connectivity index (χ4n) is 0.676. The van der Waals surface area contributed by atoms with Crippen molar-refractivity contribution in [3.05, 3.63) is 28.5 Å². The summed E-state index contributed by atoms with van der Waals surface area (Å²) in [6.07, 6.45) is 0.718. The van der Waals surface area contributed by atoms with Gasteiger partial charge in [-0.05, 0) is 24.6 Å². The second kappa shape index (κ2) is 7.22. The normalized spacial score (nSPS) is 11.2. The molecule has 0 aromatic heterocycles. The molecule has 0 aliphatic heterocycles. The number of halogens is 2. The third-order valence-electron chi connectivity index (χ3n) is 2.00. The van der Waals surface area contributed by atoms with Gasteiger partial charge in [-0.3, -0.25) is 4.79 Å². The van der Waals surface area contributed by atoms with E-state index < -0.39 is 5.97 Å². The lowest BCUT2D eigenvalue weighted by Crippen LogP contribution is -2.06. The summed E-state index contributed by atoms with van der Waals surface area (Å²) < 4.78 is 13.1. The number of nitrogens with two attached hydrogens (primary N) is 1. The van der Waals surface area contributed by atoms with Crippen LogP contribution in [-0.4, -0.2) is 11.1 Å². The topological polar surface area (TPSA) is 63.3 Å². The Morgan fingerprint density at radius 3 is 2.44 bits per heavy atom. The van der Waals surface area contributed by atoms with Crippen molar-refractivity contribution in [1.82, 2.24) is 0 Å². The van der Waals surface area contributed by atoms with Gasteiger partial charge in [0.15, 0.2) is 0 Å². The van der Waals surface area contributed by atoms with Crippen LogP contribution in [0.5, 0.6) is 0 Å².